The third kappa shape index (κ3) is 1.95. The Bertz CT molecular complexity index is 562. The van der Waals surface area contributed by atoms with Gasteiger partial charge in [0.25, 0.3) is 0 Å². The van der Waals surface area contributed by atoms with Crippen LogP contribution in [0, 0.1) is 5.92 Å². The highest BCUT2D eigenvalue weighted by Gasteiger charge is 2.50. The van der Waals surface area contributed by atoms with Crippen molar-refractivity contribution in [2.75, 3.05) is 6.61 Å². The van der Waals surface area contributed by atoms with E-state index in [4.69, 9.17) is 4.74 Å². The minimum atomic E-state index is -1.37. The van der Waals surface area contributed by atoms with E-state index < -0.39 is 28.9 Å². The van der Waals surface area contributed by atoms with Gasteiger partial charge in [0.1, 0.15) is 0 Å². The molecule has 0 N–H and O–H groups in total. The summed E-state index contributed by atoms with van der Waals surface area (Å²) in [5.41, 5.74) is -0.224. The Labute approximate surface area is 111 Å². The van der Waals surface area contributed by atoms with Gasteiger partial charge in [0.05, 0.1) is 17.7 Å². The lowest BCUT2D eigenvalue weighted by Crippen LogP contribution is -2.48. The first-order valence-electron chi connectivity index (χ1n) is 6.12. The number of aromatic nitrogens is 1. The SMILES string of the molecule is CCOC(=O)C1C(=O)c2cccnc2C(C)(C)C1=O. The van der Waals surface area contributed by atoms with Gasteiger partial charge in [0.15, 0.2) is 17.5 Å². The highest BCUT2D eigenvalue weighted by atomic mass is 16.5. The maximum Gasteiger partial charge on any atom is 0.324 e. The minimum absolute atomic E-state index is 0.135. The lowest BCUT2D eigenvalue weighted by atomic mass is 9.69. The molecule has 100 valence electrons. The van der Waals surface area contributed by atoms with Crippen LogP contribution in [0.1, 0.15) is 36.8 Å². The lowest BCUT2D eigenvalue weighted by molar-refractivity contribution is -0.150. The third-order valence-corrected chi connectivity index (χ3v) is 3.33. The van der Waals surface area contributed by atoms with E-state index in [9.17, 15) is 14.4 Å². The molecule has 19 heavy (non-hydrogen) atoms. The van der Waals surface area contributed by atoms with E-state index in [2.05, 4.69) is 4.98 Å². The van der Waals surface area contributed by atoms with Crippen LogP contribution in [0.5, 0.6) is 0 Å². The van der Waals surface area contributed by atoms with E-state index in [0.29, 0.717) is 11.3 Å². The molecule has 0 spiro atoms. The van der Waals surface area contributed by atoms with E-state index in [1.165, 1.54) is 6.20 Å². The largest absolute Gasteiger partial charge is 0.465 e. The standard InChI is InChI=1S/C14H15NO4/c1-4-19-13(18)9-10(16)8-6-5-7-15-11(8)14(2,3)12(9)17/h5-7,9H,4H2,1-3H3. The van der Waals surface area contributed by atoms with Gasteiger partial charge in [-0.05, 0) is 32.9 Å². The summed E-state index contributed by atoms with van der Waals surface area (Å²) in [6, 6.07) is 3.20. The number of pyridine rings is 1. The fourth-order valence-electron chi connectivity index (χ4n) is 2.29. The summed E-state index contributed by atoms with van der Waals surface area (Å²) in [5.74, 6) is -3.13. The monoisotopic (exact) mass is 261 g/mol. The summed E-state index contributed by atoms with van der Waals surface area (Å²) >= 11 is 0. The molecule has 0 fully saturated rings. The number of rotatable bonds is 2. The Morgan fingerprint density at radius 2 is 2.11 bits per heavy atom. The lowest BCUT2D eigenvalue weighted by Gasteiger charge is -2.32. The predicted octanol–water partition coefficient (Wildman–Crippen LogP) is 1.30. The van der Waals surface area contributed by atoms with Crippen LogP contribution in [0.2, 0.25) is 0 Å². The molecule has 0 saturated heterocycles. The van der Waals surface area contributed by atoms with Crippen molar-refractivity contribution in [3.63, 3.8) is 0 Å². The molecule has 0 amide bonds. The predicted molar refractivity (Wildman–Crippen MR) is 66.7 cm³/mol. The van der Waals surface area contributed by atoms with E-state index in [1.807, 2.05) is 0 Å². The number of carbonyl (C=O) groups excluding carboxylic acids is 3. The normalized spacial score (nSPS) is 20.9. The Morgan fingerprint density at radius 3 is 2.74 bits per heavy atom. The molecule has 1 aromatic rings. The average molecular weight is 261 g/mol. The van der Waals surface area contributed by atoms with Crippen molar-refractivity contribution in [2.24, 2.45) is 5.92 Å². The van der Waals surface area contributed by atoms with Crippen LogP contribution in [0.25, 0.3) is 0 Å². The van der Waals surface area contributed by atoms with Gasteiger partial charge in [0.2, 0.25) is 0 Å². The van der Waals surface area contributed by atoms with Gasteiger partial charge in [-0.3, -0.25) is 19.4 Å². The molecule has 2 rings (SSSR count). The summed E-state index contributed by atoms with van der Waals surface area (Å²) in [6.07, 6.45) is 1.53. The number of Topliss-reactive ketones (excluding diaryl/α,β-unsaturated/α-hetero) is 2. The van der Waals surface area contributed by atoms with Gasteiger partial charge in [-0.25, -0.2) is 0 Å². The van der Waals surface area contributed by atoms with Crippen molar-refractivity contribution in [2.45, 2.75) is 26.2 Å². The number of hydrogen-bond donors (Lipinski definition) is 0. The Kier molecular flexibility index (Phi) is 3.22. The van der Waals surface area contributed by atoms with Crippen molar-refractivity contribution in [1.82, 2.24) is 4.98 Å². The van der Waals surface area contributed by atoms with Gasteiger partial charge in [-0.15, -0.1) is 0 Å². The number of fused-ring (bicyclic) bond motifs is 1. The summed E-state index contributed by atoms with van der Waals surface area (Å²) in [7, 11) is 0. The zero-order valence-corrected chi connectivity index (χ0v) is 11.1. The topological polar surface area (TPSA) is 73.3 Å². The van der Waals surface area contributed by atoms with Crippen LogP contribution < -0.4 is 0 Å². The summed E-state index contributed by atoms with van der Waals surface area (Å²) in [6.45, 7) is 5.10. The second-order valence-electron chi connectivity index (χ2n) is 4.94. The van der Waals surface area contributed by atoms with Gasteiger partial charge in [0, 0.05) is 11.8 Å². The Morgan fingerprint density at radius 1 is 1.42 bits per heavy atom. The quantitative estimate of drug-likeness (QED) is 0.592. The second kappa shape index (κ2) is 4.57. The van der Waals surface area contributed by atoms with Crippen LogP contribution in [-0.4, -0.2) is 29.1 Å². The first-order chi connectivity index (χ1) is 8.91. The smallest absolute Gasteiger partial charge is 0.324 e. The molecule has 5 nitrogen and oxygen atoms in total. The number of hydrogen-bond acceptors (Lipinski definition) is 5. The van der Waals surface area contributed by atoms with Gasteiger partial charge in [-0.1, -0.05) is 0 Å². The molecule has 1 unspecified atom stereocenters. The first kappa shape index (κ1) is 13.4. The molecule has 1 heterocycles. The molecule has 1 aliphatic rings. The minimum Gasteiger partial charge on any atom is -0.465 e. The second-order valence-corrected chi connectivity index (χ2v) is 4.94. The summed E-state index contributed by atoms with van der Waals surface area (Å²) in [4.78, 5) is 40.6. The molecule has 5 heteroatoms. The van der Waals surface area contributed by atoms with Crippen molar-refractivity contribution in [3.05, 3.63) is 29.6 Å². The molecule has 0 aliphatic heterocycles. The van der Waals surface area contributed by atoms with E-state index >= 15 is 0 Å². The van der Waals surface area contributed by atoms with Crippen molar-refractivity contribution >= 4 is 17.5 Å². The molecule has 0 bridgehead atoms. The fraction of sp³-hybridized carbons (Fsp3) is 0.429. The van der Waals surface area contributed by atoms with Crippen molar-refractivity contribution in [3.8, 4) is 0 Å². The number of carbonyl (C=O) groups is 3. The van der Waals surface area contributed by atoms with Crippen LogP contribution in [0.15, 0.2) is 18.3 Å². The molecular formula is C14H15NO4. The van der Waals surface area contributed by atoms with Gasteiger partial charge >= 0.3 is 5.97 Å². The number of esters is 1. The summed E-state index contributed by atoms with van der Waals surface area (Å²) in [5, 5.41) is 0. The number of nitrogens with zero attached hydrogens (tertiary/aromatic N) is 1. The molecule has 0 radical (unpaired) electrons. The summed E-state index contributed by atoms with van der Waals surface area (Å²) < 4.78 is 4.83. The zero-order chi connectivity index (χ0) is 14.2. The highest BCUT2D eigenvalue weighted by molar-refractivity contribution is 6.27. The first-order valence-corrected chi connectivity index (χ1v) is 6.12. The Hall–Kier alpha value is -2.04. The third-order valence-electron chi connectivity index (χ3n) is 3.33. The molecule has 0 aromatic carbocycles. The van der Waals surface area contributed by atoms with E-state index in [-0.39, 0.29) is 6.61 Å². The molecule has 1 aliphatic carbocycles. The zero-order valence-electron chi connectivity index (χ0n) is 11.1. The van der Waals surface area contributed by atoms with Gasteiger partial charge < -0.3 is 4.74 Å². The highest BCUT2D eigenvalue weighted by Crippen LogP contribution is 2.35. The maximum atomic E-state index is 12.4. The van der Waals surface area contributed by atoms with E-state index in [0.717, 1.165) is 0 Å². The molecule has 1 aromatic heterocycles. The van der Waals surface area contributed by atoms with Crippen LogP contribution in [0.4, 0.5) is 0 Å². The van der Waals surface area contributed by atoms with Crippen molar-refractivity contribution < 1.29 is 19.1 Å². The average Bonchev–Trinajstić information content (AvgIpc) is 2.37. The van der Waals surface area contributed by atoms with Crippen LogP contribution >= 0.6 is 0 Å². The number of ketones is 2. The maximum absolute atomic E-state index is 12.4. The van der Waals surface area contributed by atoms with Crippen molar-refractivity contribution in [1.29, 1.82) is 0 Å². The number of ether oxygens (including phenoxy) is 1. The van der Waals surface area contributed by atoms with Crippen LogP contribution in [0.3, 0.4) is 0 Å². The van der Waals surface area contributed by atoms with Gasteiger partial charge in [-0.2, -0.15) is 0 Å². The molecular weight excluding hydrogens is 246 g/mol. The molecule has 1 atom stereocenters. The molecule has 0 saturated carbocycles. The van der Waals surface area contributed by atoms with Crippen LogP contribution in [-0.2, 0) is 19.7 Å². The van der Waals surface area contributed by atoms with E-state index in [1.54, 1.807) is 32.9 Å². The Balaban J connectivity index is 2.56. The fourth-order valence-corrected chi connectivity index (χ4v) is 2.29.